The Morgan fingerprint density at radius 2 is 2.14 bits per heavy atom. The van der Waals surface area contributed by atoms with Gasteiger partial charge in [0.25, 0.3) is 0 Å². The number of nitrogens with one attached hydrogen (secondary N) is 1. The third-order valence-electron chi connectivity index (χ3n) is 2.95. The molecular weight excluding hydrogens is 174 g/mol. The lowest BCUT2D eigenvalue weighted by Crippen LogP contribution is -2.35. The number of nitrogens with two attached hydrogens (primary N) is 1. The Morgan fingerprint density at radius 1 is 1.43 bits per heavy atom. The molecule has 2 unspecified atom stereocenters. The normalized spacial score (nSPS) is 25.9. The summed E-state index contributed by atoms with van der Waals surface area (Å²) >= 11 is 0. The zero-order chi connectivity index (χ0) is 10.6. The molecule has 0 radical (unpaired) electrons. The molecule has 1 aliphatic rings. The van der Waals surface area contributed by atoms with Crippen LogP contribution in [-0.2, 0) is 0 Å². The van der Waals surface area contributed by atoms with Crippen molar-refractivity contribution in [1.29, 1.82) is 0 Å². The lowest BCUT2D eigenvalue weighted by Gasteiger charge is -2.20. The average Bonchev–Trinajstić information content (AvgIpc) is 2.52. The minimum absolute atomic E-state index is 0.276. The lowest BCUT2D eigenvalue weighted by atomic mass is 10.1. The maximum Gasteiger partial charge on any atom is 0.0136 e. The fourth-order valence-corrected chi connectivity index (χ4v) is 2.01. The largest absolute Gasteiger partial charge is 0.327 e. The zero-order valence-corrected chi connectivity index (χ0v) is 9.79. The highest BCUT2D eigenvalue weighted by Crippen LogP contribution is 2.17. The third-order valence-corrected chi connectivity index (χ3v) is 2.95. The van der Waals surface area contributed by atoms with Gasteiger partial charge in [-0.05, 0) is 46.2 Å². The molecule has 0 saturated carbocycles. The first-order valence-electron chi connectivity index (χ1n) is 5.80. The van der Waals surface area contributed by atoms with E-state index >= 15 is 0 Å². The van der Waals surface area contributed by atoms with Gasteiger partial charge in [-0.15, -0.1) is 0 Å². The standard InChI is InChI=1S/C11H25N3/c1-9(2)14-5-4-11(8-14)7-13-6-10(3)12/h9-11,13H,4-8,12H2,1-3H3. The van der Waals surface area contributed by atoms with Crippen molar-refractivity contribution in [2.45, 2.75) is 39.3 Å². The summed E-state index contributed by atoms with van der Waals surface area (Å²) in [6.45, 7) is 11.2. The predicted molar refractivity (Wildman–Crippen MR) is 61.3 cm³/mol. The van der Waals surface area contributed by atoms with E-state index in [0.29, 0.717) is 6.04 Å². The molecule has 1 fully saturated rings. The van der Waals surface area contributed by atoms with Crippen molar-refractivity contribution in [3.05, 3.63) is 0 Å². The summed E-state index contributed by atoms with van der Waals surface area (Å²) in [6, 6.07) is 0.978. The highest BCUT2D eigenvalue weighted by molar-refractivity contribution is 4.79. The second kappa shape index (κ2) is 5.69. The van der Waals surface area contributed by atoms with Gasteiger partial charge in [-0.3, -0.25) is 0 Å². The van der Waals surface area contributed by atoms with E-state index in [1.54, 1.807) is 0 Å². The molecule has 1 rings (SSSR count). The maximum atomic E-state index is 5.68. The van der Waals surface area contributed by atoms with Crippen LogP contribution in [0.25, 0.3) is 0 Å². The minimum Gasteiger partial charge on any atom is -0.327 e. The molecule has 2 atom stereocenters. The summed E-state index contributed by atoms with van der Waals surface area (Å²) in [5, 5.41) is 3.43. The van der Waals surface area contributed by atoms with Crippen molar-refractivity contribution in [3.8, 4) is 0 Å². The molecule has 0 spiro atoms. The Balaban J connectivity index is 2.10. The quantitative estimate of drug-likeness (QED) is 0.683. The van der Waals surface area contributed by atoms with E-state index in [1.165, 1.54) is 19.5 Å². The van der Waals surface area contributed by atoms with Crippen molar-refractivity contribution in [3.63, 3.8) is 0 Å². The van der Waals surface area contributed by atoms with Crippen LogP contribution in [0, 0.1) is 5.92 Å². The van der Waals surface area contributed by atoms with Crippen molar-refractivity contribution >= 4 is 0 Å². The Hall–Kier alpha value is -0.120. The molecule has 0 aromatic rings. The number of hydrogen-bond donors (Lipinski definition) is 2. The second-order valence-electron chi connectivity index (χ2n) is 4.88. The van der Waals surface area contributed by atoms with Gasteiger partial charge in [0.1, 0.15) is 0 Å². The molecule has 3 nitrogen and oxygen atoms in total. The van der Waals surface area contributed by atoms with E-state index in [9.17, 15) is 0 Å². The summed E-state index contributed by atoms with van der Waals surface area (Å²) in [5.74, 6) is 0.830. The Bertz CT molecular complexity index is 157. The van der Waals surface area contributed by atoms with Gasteiger partial charge in [0.05, 0.1) is 0 Å². The molecule has 84 valence electrons. The summed E-state index contributed by atoms with van der Waals surface area (Å²) in [7, 11) is 0. The monoisotopic (exact) mass is 199 g/mol. The molecule has 0 bridgehead atoms. The van der Waals surface area contributed by atoms with Crippen molar-refractivity contribution in [2.24, 2.45) is 11.7 Å². The van der Waals surface area contributed by atoms with E-state index in [2.05, 4.69) is 24.1 Å². The Labute approximate surface area is 88.0 Å². The van der Waals surface area contributed by atoms with Gasteiger partial charge < -0.3 is 16.0 Å². The first-order chi connectivity index (χ1) is 6.59. The van der Waals surface area contributed by atoms with Crippen LogP contribution in [-0.4, -0.2) is 43.2 Å². The maximum absolute atomic E-state index is 5.68. The second-order valence-corrected chi connectivity index (χ2v) is 4.88. The zero-order valence-electron chi connectivity index (χ0n) is 9.79. The minimum atomic E-state index is 0.276. The van der Waals surface area contributed by atoms with Crippen molar-refractivity contribution in [2.75, 3.05) is 26.2 Å². The van der Waals surface area contributed by atoms with E-state index in [1.807, 2.05) is 6.92 Å². The van der Waals surface area contributed by atoms with E-state index in [0.717, 1.165) is 19.0 Å². The van der Waals surface area contributed by atoms with Gasteiger partial charge in [0.2, 0.25) is 0 Å². The van der Waals surface area contributed by atoms with Gasteiger partial charge in [0.15, 0.2) is 0 Å². The van der Waals surface area contributed by atoms with Crippen LogP contribution in [0.4, 0.5) is 0 Å². The van der Waals surface area contributed by atoms with Crippen LogP contribution in [0.3, 0.4) is 0 Å². The van der Waals surface area contributed by atoms with E-state index < -0.39 is 0 Å². The molecule has 1 heterocycles. The number of likely N-dealkylation sites (tertiary alicyclic amines) is 1. The third kappa shape index (κ3) is 3.95. The molecule has 3 heteroatoms. The number of hydrogen-bond acceptors (Lipinski definition) is 3. The lowest BCUT2D eigenvalue weighted by molar-refractivity contribution is 0.264. The fourth-order valence-electron chi connectivity index (χ4n) is 2.01. The predicted octanol–water partition coefficient (Wildman–Crippen LogP) is 0.654. The Morgan fingerprint density at radius 3 is 2.64 bits per heavy atom. The molecule has 0 aromatic carbocycles. The molecule has 0 amide bonds. The number of nitrogens with zero attached hydrogens (tertiary/aromatic N) is 1. The SMILES string of the molecule is CC(N)CNCC1CCN(C(C)C)C1. The van der Waals surface area contributed by atoms with Crippen molar-refractivity contribution in [1.82, 2.24) is 10.2 Å². The van der Waals surface area contributed by atoms with Gasteiger partial charge in [-0.2, -0.15) is 0 Å². The van der Waals surface area contributed by atoms with E-state index in [4.69, 9.17) is 5.73 Å². The van der Waals surface area contributed by atoms with E-state index in [-0.39, 0.29) is 6.04 Å². The van der Waals surface area contributed by atoms with Crippen LogP contribution in [0.2, 0.25) is 0 Å². The molecule has 14 heavy (non-hydrogen) atoms. The Kier molecular flexibility index (Phi) is 4.85. The molecule has 1 saturated heterocycles. The van der Waals surface area contributed by atoms with Crippen LogP contribution in [0.15, 0.2) is 0 Å². The smallest absolute Gasteiger partial charge is 0.0136 e. The molecule has 0 aromatic heterocycles. The summed E-state index contributed by atoms with van der Waals surface area (Å²) < 4.78 is 0. The number of rotatable bonds is 5. The average molecular weight is 199 g/mol. The van der Waals surface area contributed by atoms with Crippen LogP contribution in [0.1, 0.15) is 27.2 Å². The van der Waals surface area contributed by atoms with Crippen LogP contribution in [0.5, 0.6) is 0 Å². The van der Waals surface area contributed by atoms with Gasteiger partial charge in [-0.1, -0.05) is 0 Å². The first kappa shape index (κ1) is 12.0. The van der Waals surface area contributed by atoms with Gasteiger partial charge >= 0.3 is 0 Å². The van der Waals surface area contributed by atoms with Crippen LogP contribution < -0.4 is 11.1 Å². The van der Waals surface area contributed by atoms with Crippen molar-refractivity contribution < 1.29 is 0 Å². The molecular formula is C11H25N3. The molecule has 0 aliphatic carbocycles. The first-order valence-corrected chi connectivity index (χ1v) is 5.80. The fraction of sp³-hybridized carbons (Fsp3) is 1.00. The molecule has 3 N–H and O–H groups in total. The highest BCUT2D eigenvalue weighted by Gasteiger charge is 2.23. The molecule has 1 aliphatic heterocycles. The highest BCUT2D eigenvalue weighted by atomic mass is 15.2. The van der Waals surface area contributed by atoms with Gasteiger partial charge in [0, 0.05) is 25.2 Å². The summed E-state index contributed by atoms with van der Waals surface area (Å²) in [5.41, 5.74) is 5.68. The summed E-state index contributed by atoms with van der Waals surface area (Å²) in [4.78, 5) is 2.55. The summed E-state index contributed by atoms with van der Waals surface area (Å²) in [6.07, 6.45) is 1.34. The topological polar surface area (TPSA) is 41.3 Å². The van der Waals surface area contributed by atoms with Crippen LogP contribution >= 0.6 is 0 Å². The van der Waals surface area contributed by atoms with Gasteiger partial charge in [-0.25, -0.2) is 0 Å².